The van der Waals surface area contributed by atoms with Crippen LogP contribution < -0.4 is 9.80 Å². The Morgan fingerprint density at radius 3 is 2.35 bits per heavy atom. The molecule has 7 nitrogen and oxygen atoms in total. The molecule has 0 spiro atoms. The van der Waals surface area contributed by atoms with Crippen LogP contribution >= 0.6 is 0 Å². The number of hydrogen-bond acceptors (Lipinski definition) is 6. The lowest BCUT2D eigenvalue weighted by Crippen LogP contribution is -2.50. The van der Waals surface area contributed by atoms with Gasteiger partial charge in [-0.1, -0.05) is 0 Å². The number of likely N-dealkylation sites (N-methyl/N-ethyl adjacent to an activating group) is 1. The predicted octanol–water partition coefficient (Wildman–Crippen LogP) is 3.86. The second-order valence-electron chi connectivity index (χ2n) is 9.86. The van der Waals surface area contributed by atoms with Crippen LogP contribution in [0.2, 0.25) is 0 Å². The van der Waals surface area contributed by atoms with Crippen LogP contribution in [0.4, 0.5) is 24.5 Å². The number of benzene rings is 1. The average molecular weight is 486 g/mol. The van der Waals surface area contributed by atoms with Gasteiger partial charge in [0.05, 0.1) is 11.3 Å². The van der Waals surface area contributed by atoms with E-state index in [1.807, 2.05) is 7.05 Å². The number of anilines is 2. The molecule has 34 heavy (non-hydrogen) atoms. The summed E-state index contributed by atoms with van der Waals surface area (Å²) in [6.07, 6.45) is -3.71. The zero-order chi connectivity index (χ0) is 25.1. The molecule has 0 unspecified atom stereocenters. The Morgan fingerprint density at radius 1 is 1.06 bits per heavy atom. The number of carbonyl (C=O) groups is 2. The van der Waals surface area contributed by atoms with Gasteiger partial charge >= 0.3 is 18.1 Å². The number of hydrogen-bond donors (Lipinski definition) is 0. The Bertz CT molecular complexity index is 879. The molecule has 0 saturated carbocycles. The minimum Gasteiger partial charge on any atom is -0.456 e. The molecule has 0 aromatic heterocycles. The second-order valence-corrected chi connectivity index (χ2v) is 9.86. The van der Waals surface area contributed by atoms with Gasteiger partial charge in [-0.15, -0.1) is 0 Å². The van der Waals surface area contributed by atoms with Crippen molar-refractivity contribution < 1.29 is 32.2 Å². The third kappa shape index (κ3) is 6.63. The summed E-state index contributed by atoms with van der Waals surface area (Å²) in [6.45, 7) is 8.66. The van der Waals surface area contributed by atoms with E-state index in [0.29, 0.717) is 12.2 Å². The molecule has 2 aliphatic heterocycles. The zero-order valence-electron chi connectivity index (χ0n) is 20.3. The van der Waals surface area contributed by atoms with E-state index < -0.39 is 29.7 Å². The molecule has 0 radical (unpaired) electrons. The van der Waals surface area contributed by atoms with Crippen LogP contribution in [0.1, 0.15) is 50.4 Å². The number of ether oxygens (including phenoxy) is 2. The van der Waals surface area contributed by atoms with Gasteiger partial charge in [-0.05, 0) is 71.8 Å². The molecular formula is C24H34F3N3O4. The number of halogens is 3. The number of rotatable bonds is 4. The van der Waals surface area contributed by atoms with E-state index >= 15 is 0 Å². The van der Waals surface area contributed by atoms with Crippen molar-refractivity contribution in [1.82, 2.24) is 4.90 Å². The van der Waals surface area contributed by atoms with Crippen molar-refractivity contribution in [1.29, 1.82) is 0 Å². The topological polar surface area (TPSA) is 62.3 Å². The molecule has 2 heterocycles. The summed E-state index contributed by atoms with van der Waals surface area (Å²) in [5.41, 5.74) is -0.308. The van der Waals surface area contributed by atoms with Gasteiger partial charge in [-0.2, -0.15) is 13.2 Å². The van der Waals surface area contributed by atoms with E-state index in [-0.39, 0.29) is 37.3 Å². The van der Waals surface area contributed by atoms with Gasteiger partial charge in [0.25, 0.3) is 0 Å². The maximum Gasteiger partial charge on any atom is 0.471 e. The van der Waals surface area contributed by atoms with Crippen LogP contribution in [0, 0.1) is 0 Å². The molecule has 0 atom stereocenters. The van der Waals surface area contributed by atoms with Crippen LogP contribution in [0.25, 0.3) is 0 Å². The molecule has 2 saturated heterocycles. The lowest BCUT2D eigenvalue weighted by Gasteiger charge is -2.36. The van der Waals surface area contributed by atoms with Gasteiger partial charge in [0.1, 0.15) is 5.60 Å². The van der Waals surface area contributed by atoms with E-state index in [4.69, 9.17) is 9.47 Å². The normalized spacial score (nSPS) is 19.0. The van der Waals surface area contributed by atoms with Crippen LogP contribution in [0.5, 0.6) is 0 Å². The lowest BCUT2D eigenvalue weighted by atomic mass is 10.0. The SMILES string of the molecule is CN1CCCN(c2ccc(C(=O)OC(C)(C)C)c(N(C(=O)C(F)(F)F)C3CCOCC3)c2)CC1. The van der Waals surface area contributed by atoms with E-state index in [9.17, 15) is 22.8 Å². The predicted molar refractivity (Wildman–Crippen MR) is 123 cm³/mol. The van der Waals surface area contributed by atoms with Crippen molar-refractivity contribution in [2.45, 2.75) is 57.9 Å². The number of alkyl halides is 3. The second kappa shape index (κ2) is 10.5. The number of carbonyl (C=O) groups excluding carboxylic acids is 2. The Morgan fingerprint density at radius 2 is 1.74 bits per heavy atom. The van der Waals surface area contributed by atoms with Crippen LogP contribution in [-0.4, -0.2) is 81.0 Å². The highest BCUT2D eigenvalue weighted by Gasteiger charge is 2.46. The number of esters is 1. The summed E-state index contributed by atoms with van der Waals surface area (Å²) in [5, 5.41) is 0. The van der Waals surface area contributed by atoms with Crippen molar-refractivity contribution in [3.8, 4) is 0 Å². The van der Waals surface area contributed by atoms with Gasteiger partial charge in [-0.25, -0.2) is 4.79 Å². The summed E-state index contributed by atoms with van der Waals surface area (Å²) in [5.74, 6) is -2.76. The van der Waals surface area contributed by atoms with E-state index in [1.165, 1.54) is 12.1 Å². The third-order valence-electron chi connectivity index (χ3n) is 5.96. The van der Waals surface area contributed by atoms with Gasteiger partial charge in [-0.3, -0.25) is 4.79 Å². The smallest absolute Gasteiger partial charge is 0.456 e. The highest BCUT2D eigenvalue weighted by molar-refractivity contribution is 6.05. The maximum absolute atomic E-state index is 13.7. The summed E-state index contributed by atoms with van der Waals surface area (Å²) >= 11 is 0. The zero-order valence-corrected chi connectivity index (χ0v) is 20.3. The summed E-state index contributed by atoms with van der Waals surface area (Å²) in [4.78, 5) is 30.8. The molecule has 0 aliphatic carbocycles. The highest BCUT2D eigenvalue weighted by atomic mass is 19.4. The van der Waals surface area contributed by atoms with Gasteiger partial charge in [0.15, 0.2) is 0 Å². The number of amides is 1. The minimum atomic E-state index is -5.09. The molecule has 1 aromatic rings. The highest BCUT2D eigenvalue weighted by Crippen LogP contribution is 2.35. The molecule has 3 rings (SSSR count). The first kappa shape index (κ1) is 26.3. The molecule has 10 heteroatoms. The fourth-order valence-corrected chi connectivity index (χ4v) is 4.28. The van der Waals surface area contributed by atoms with Gasteiger partial charge in [0, 0.05) is 44.6 Å². The van der Waals surface area contributed by atoms with Crippen molar-refractivity contribution in [3.63, 3.8) is 0 Å². The Labute approximate surface area is 198 Å². The van der Waals surface area contributed by atoms with Gasteiger partial charge in [0.2, 0.25) is 0 Å². The summed E-state index contributed by atoms with van der Waals surface area (Å²) in [7, 11) is 2.02. The first-order valence-electron chi connectivity index (χ1n) is 11.7. The van der Waals surface area contributed by atoms with Crippen molar-refractivity contribution in [2.75, 3.05) is 56.2 Å². The maximum atomic E-state index is 13.7. The lowest BCUT2D eigenvalue weighted by molar-refractivity contribution is -0.171. The minimum absolute atomic E-state index is 0.0605. The fourth-order valence-electron chi connectivity index (χ4n) is 4.28. The Balaban J connectivity index is 2.10. The molecule has 0 bridgehead atoms. The third-order valence-corrected chi connectivity index (χ3v) is 5.96. The molecule has 2 fully saturated rings. The molecule has 1 aromatic carbocycles. The standard InChI is InChI=1S/C24H34F3N3O4/c1-23(2,3)34-21(31)19-7-6-18(29-11-5-10-28(4)12-13-29)16-20(19)30(22(32)24(25,26)27)17-8-14-33-15-9-17/h6-7,16-17H,5,8-15H2,1-4H3. The van der Waals surface area contributed by atoms with Crippen molar-refractivity contribution in [2.24, 2.45) is 0 Å². The summed E-state index contributed by atoms with van der Waals surface area (Å²) in [6, 6.07) is 3.98. The van der Waals surface area contributed by atoms with Gasteiger partial charge < -0.3 is 24.2 Å². The van der Waals surface area contributed by atoms with E-state index in [0.717, 1.165) is 31.0 Å². The van der Waals surface area contributed by atoms with Crippen molar-refractivity contribution >= 4 is 23.3 Å². The summed E-state index contributed by atoms with van der Waals surface area (Å²) < 4.78 is 52.0. The van der Waals surface area contributed by atoms with Crippen LogP contribution in [-0.2, 0) is 14.3 Å². The largest absolute Gasteiger partial charge is 0.471 e. The molecule has 2 aliphatic rings. The number of nitrogens with zero attached hydrogens (tertiary/aromatic N) is 3. The van der Waals surface area contributed by atoms with E-state index in [2.05, 4.69) is 9.80 Å². The monoisotopic (exact) mass is 485 g/mol. The van der Waals surface area contributed by atoms with Crippen LogP contribution in [0.15, 0.2) is 18.2 Å². The Kier molecular flexibility index (Phi) is 8.13. The average Bonchev–Trinajstić information content (AvgIpc) is 2.97. The molecular weight excluding hydrogens is 451 g/mol. The van der Waals surface area contributed by atoms with Crippen LogP contribution in [0.3, 0.4) is 0 Å². The first-order chi connectivity index (χ1) is 15.9. The quantitative estimate of drug-likeness (QED) is 0.604. The molecule has 1 amide bonds. The fraction of sp³-hybridized carbons (Fsp3) is 0.667. The van der Waals surface area contributed by atoms with Crippen molar-refractivity contribution in [3.05, 3.63) is 23.8 Å². The first-order valence-corrected chi connectivity index (χ1v) is 11.7. The molecule has 0 N–H and O–H groups in total. The van der Waals surface area contributed by atoms with E-state index in [1.54, 1.807) is 26.8 Å². The Hall–Kier alpha value is -2.33. The molecule has 190 valence electrons.